The molecule has 2 fully saturated rings. The summed E-state index contributed by atoms with van der Waals surface area (Å²) in [6.45, 7) is 7.48. The Hall–Kier alpha value is -4.06. The average molecular weight is 732 g/mol. The van der Waals surface area contributed by atoms with Gasteiger partial charge in [-0.3, -0.25) is 19.5 Å². The van der Waals surface area contributed by atoms with Crippen molar-refractivity contribution in [3.8, 4) is 16.9 Å². The predicted molar refractivity (Wildman–Crippen MR) is 196 cm³/mol. The minimum atomic E-state index is -2.76. The van der Waals surface area contributed by atoms with E-state index in [-0.39, 0.29) is 0 Å². The van der Waals surface area contributed by atoms with Gasteiger partial charge in [-0.15, -0.1) is 0 Å². The number of hydrogen-bond donors (Lipinski definition) is 2. The molecule has 0 amide bonds. The quantitative estimate of drug-likeness (QED) is 0.164. The fraction of sp³-hybridized carbons (Fsp3) is 0.382. The molecule has 1 aliphatic carbocycles. The zero-order valence-corrected chi connectivity index (χ0v) is 30.1. The van der Waals surface area contributed by atoms with E-state index in [1.165, 1.54) is 25.7 Å². The van der Waals surface area contributed by atoms with Gasteiger partial charge in [0.15, 0.2) is 0 Å². The van der Waals surface area contributed by atoms with Crippen molar-refractivity contribution in [1.82, 2.24) is 34.6 Å². The summed E-state index contributed by atoms with van der Waals surface area (Å²) in [4.78, 5) is 23.4. The van der Waals surface area contributed by atoms with Crippen molar-refractivity contribution in [3.05, 3.63) is 59.7 Å². The third-order valence-electron chi connectivity index (χ3n) is 9.23. The number of ether oxygens (including phenoxy) is 1. The highest BCUT2D eigenvalue weighted by Crippen LogP contribution is 2.43. The minimum absolute atomic E-state index is 0.368. The lowest BCUT2D eigenvalue weighted by atomic mass is 10.0. The molecule has 2 N–H and O–H groups in total. The molecule has 12 nitrogen and oxygen atoms in total. The second-order valence-electron chi connectivity index (χ2n) is 12.8. The Kier molecular flexibility index (Phi) is 9.10. The van der Waals surface area contributed by atoms with Gasteiger partial charge in [0.2, 0.25) is 5.95 Å². The van der Waals surface area contributed by atoms with Crippen molar-refractivity contribution in [3.63, 3.8) is 0 Å². The Morgan fingerprint density at radius 2 is 1.73 bits per heavy atom. The van der Waals surface area contributed by atoms with Crippen LogP contribution in [0.5, 0.6) is 5.75 Å². The van der Waals surface area contributed by atoms with Crippen LogP contribution >= 0.6 is 23.1 Å². The van der Waals surface area contributed by atoms with Crippen LogP contribution in [-0.2, 0) is 11.6 Å². The zero-order valence-electron chi connectivity index (χ0n) is 27.6. The van der Waals surface area contributed by atoms with Gasteiger partial charge in [-0.2, -0.15) is 10.1 Å². The minimum Gasteiger partial charge on any atom is -0.494 e. The second-order valence-corrected chi connectivity index (χ2v) is 16.8. The number of nitrogens with zero attached hydrogens (tertiary/aromatic N) is 8. The monoisotopic (exact) mass is 730 g/mol. The molecule has 14 heteroatoms. The van der Waals surface area contributed by atoms with Crippen molar-refractivity contribution < 1.29 is 9.30 Å². The first-order valence-electron chi connectivity index (χ1n) is 16.2. The number of piperazine rings is 1. The number of aryl methyl sites for hydroxylation is 1. The largest absolute Gasteiger partial charge is 0.494 e. The molecule has 0 unspecified atom stereocenters. The molecule has 3 aromatic heterocycles. The summed E-state index contributed by atoms with van der Waals surface area (Å²) in [5.41, 5.74) is 5.85. The molecule has 4 heterocycles. The van der Waals surface area contributed by atoms with Gasteiger partial charge in [0.1, 0.15) is 24.2 Å². The van der Waals surface area contributed by atoms with E-state index in [0.717, 1.165) is 54.7 Å². The Labute approximate surface area is 288 Å². The summed E-state index contributed by atoms with van der Waals surface area (Å²) >= 11 is 3.59. The summed E-state index contributed by atoms with van der Waals surface area (Å²) in [7, 11) is 0.851. The molecule has 1 aliphatic heterocycles. The number of rotatable bonds is 9. The Bertz CT molecular complexity index is 2000. The third-order valence-corrected chi connectivity index (χ3v) is 11.3. The first kappa shape index (κ1) is 32.5. The molecular formula is C34H40BrN10O2P. The molecule has 1 saturated carbocycles. The molecule has 7 rings (SSSR count). The highest BCUT2D eigenvalue weighted by molar-refractivity contribution is 9.10. The number of halogens is 1. The topological polar surface area (TPSA) is 126 Å². The van der Waals surface area contributed by atoms with Gasteiger partial charge in [-0.1, -0.05) is 12.8 Å². The standard InChI is InChI=1S/C34H40BrN10O2P/c1-43-21-22(19-39-43)24-17-28(30(47-2)18-29(24)45-15-13-44(14-16-45)23-7-5-6-8-23)41-34-38-20-25(35)33(42-34)40-27-10-9-26-31(37-12-11-36-26)32(27)48(3,4)46/h9-12,17-21,23H,5-8,13-16H2,1-4H3,(H2,38,40,41,42). The van der Waals surface area contributed by atoms with Gasteiger partial charge in [-0.25, -0.2) is 4.98 Å². The number of anilines is 5. The lowest BCUT2D eigenvalue weighted by Crippen LogP contribution is -2.49. The van der Waals surface area contributed by atoms with Gasteiger partial charge in [0.25, 0.3) is 0 Å². The summed E-state index contributed by atoms with van der Waals surface area (Å²) in [5, 5.41) is 11.9. The van der Waals surface area contributed by atoms with Crippen LogP contribution < -0.4 is 25.6 Å². The van der Waals surface area contributed by atoms with Crippen LogP contribution in [0.3, 0.4) is 0 Å². The van der Waals surface area contributed by atoms with Crippen molar-refractivity contribution >= 4 is 68.2 Å². The maximum absolute atomic E-state index is 13.5. The molecule has 250 valence electrons. The first-order chi connectivity index (χ1) is 23.2. The summed E-state index contributed by atoms with van der Waals surface area (Å²) < 4.78 is 21.9. The van der Waals surface area contributed by atoms with E-state index in [1.54, 1.807) is 39.0 Å². The Morgan fingerprint density at radius 3 is 2.44 bits per heavy atom. The molecule has 48 heavy (non-hydrogen) atoms. The van der Waals surface area contributed by atoms with E-state index in [1.807, 2.05) is 36.3 Å². The molecular weight excluding hydrogens is 691 g/mol. The number of methoxy groups -OCH3 is 1. The van der Waals surface area contributed by atoms with E-state index in [2.05, 4.69) is 68.5 Å². The maximum Gasteiger partial charge on any atom is 0.229 e. The van der Waals surface area contributed by atoms with Gasteiger partial charge < -0.3 is 24.8 Å². The van der Waals surface area contributed by atoms with E-state index >= 15 is 0 Å². The average Bonchev–Trinajstić information content (AvgIpc) is 3.78. The van der Waals surface area contributed by atoms with Gasteiger partial charge in [0.05, 0.1) is 40.0 Å². The molecule has 1 saturated heterocycles. The SMILES string of the molecule is COc1cc(N2CCN(C3CCCC3)CC2)c(-c2cnn(C)c2)cc1Nc1ncc(Br)c(Nc2ccc3nccnc3c2P(C)(C)=O)n1. The highest BCUT2D eigenvalue weighted by atomic mass is 79.9. The van der Waals surface area contributed by atoms with Gasteiger partial charge >= 0.3 is 0 Å². The highest BCUT2D eigenvalue weighted by Gasteiger charge is 2.28. The number of benzene rings is 2. The van der Waals surface area contributed by atoms with Crippen LogP contribution in [-0.4, -0.2) is 87.3 Å². The van der Waals surface area contributed by atoms with Crippen molar-refractivity contribution in [2.24, 2.45) is 7.05 Å². The lowest BCUT2D eigenvalue weighted by Gasteiger charge is -2.40. The van der Waals surface area contributed by atoms with E-state index < -0.39 is 7.14 Å². The summed E-state index contributed by atoms with van der Waals surface area (Å²) in [6.07, 6.45) is 14.2. The van der Waals surface area contributed by atoms with Crippen molar-refractivity contribution in [2.75, 3.05) is 62.2 Å². The molecule has 0 radical (unpaired) electrons. The Morgan fingerprint density at radius 1 is 0.958 bits per heavy atom. The predicted octanol–water partition coefficient (Wildman–Crippen LogP) is 6.39. The normalized spacial score (nSPS) is 16.1. The lowest BCUT2D eigenvalue weighted by molar-refractivity contribution is 0.187. The van der Waals surface area contributed by atoms with Crippen LogP contribution in [0.2, 0.25) is 0 Å². The van der Waals surface area contributed by atoms with Crippen molar-refractivity contribution in [2.45, 2.75) is 31.7 Å². The summed E-state index contributed by atoms with van der Waals surface area (Å²) in [6, 6.07) is 8.65. The fourth-order valence-electron chi connectivity index (χ4n) is 6.92. The third kappa shape index (κ3) is 6.63. The van der Waals surface area contributed by atoms with E-state index in [0.29, 0.717) is 44.0 Å². The maximum atomic E-state index is 13.5. The smallest absolute Gasteiger partial charge is 0.229 e. The van der Waals surface area contributed by atoms with Crippen LogP contribution in [0.25, 0.3) is 22.2 Å². The number of nitrogens with one attached hydrogen (secondary N) is 2. The number of fused-ring (bicyclic) bond motifs is 1. The van der Waals surface area contributed by atoms with E-state index in [4.69, 9.17) is 9.72 Å². The number of hydrogen-bond acceptors (Lipinski definition) is 11. The van der Waals surface area contributed by atoms with Gasteiger partial charge in [0, 0.05) is 86.9 Å². The van der Waals surface area contributed by atoms with Crippen LogP contribution in [0.1, 0.15) is 25.7 Å². The Balaban J connectivity index is 1.21. The van der Waals surface area contributed by atoms with Gasteiger partial charge in [-0.05, 0) is 60.3 Å². The molecule has 2 aliphatic rings. The molecule has 0 bridgehead atoms. The number of aromatic nitrogens is 6. The van der Waals surface area contributed by atoms with Crippen LogP contribution in [0.4, 0.5) is 28.8 Å². The first-order valence-corrected chi connectivity index (χ1v) is 19.6. The fourth-order valence-corrected chi connectivity index (χ4v) is 8.60. The molecule has 5 aromatic rings. The zero-order chi connectivity index (χ0) is 33.4. The molecule has 0 spiro atoms. The molecule has 0 atom stereocenters. The van der Waals surface area contributed by atoms with Crippen LogP contribution in [0, 0.1) is 0 Å². The van der Waals surface area contributed by atoms with Crippen LogP contribution in [0.15, 0.2) is 59.7 Å². The second kappa shape index (κ2) is 13.4. The summed E-state index contributed by atoms with van der Waals surface area (Å²) in [5.74, 6) is 1.56. The van der Waals surface area contributed by atoms with Crippen molar-refractivity contribution in [1.29, 1.82) is 0 Å². The molecule has 2 aromatic carbocycles. The van der Waals surface area contributed by atoms with E-state index in [9.17, 15) is 4.57 Å².